The number of allylic oxidation sites excluding steroid dienone is 1. The molecule has 4 fully saturated rings. The highest BCUT2D eigenvalue weighted by molar-refractivity contribution is 6.23. The smallest absolute Gasteiger partial charge is 0.262 e. The summed E-state index contributed by atoms with van der Waals surface area (Å²) in [5.74, 6) is 0.529. The van der Waals surface area contributed by atoms with Crippen molar-refractivity contribution < 1.29 is 19.1 Å². The van der Waals surface area contributed by atoms with Crippen LogP contribution in [-0.2, 0) is 4.79 Å². The number of piperidine rings is 2. The Morgan fingerprint density at radius 2 is 1.56 bits per heavy atom. The first-order valence-electron chi connectivity index (χ1n) is 19.5. The third-order valence-electron chi connectivity index (χ3n) is 12.3. The quantitative estimate of drug-likeness (QED) is 0.174. The van der Waals surface area contributed by atoms with Crippen molar-refractivity contribution in [1.29, 1.82) is 0 Å². The molecule has 5 aliphatic heterocycles. The monoisotopic (exact) mass is 760 g/mol. The Hall–Kier alpha value is -6.06. The van der Waals surface area contributed by atoms with Crippen molar-refractivity contribution >= 4 is 48.1 Å². The van der Waals surface area contributed by atoms with Crippen LogP contribution in [0.5, 0.6) is 11.5 Å². The molecule has 0 aliphatic carbocycles. The van der Waals surface area contributed by atoms with Gasteiger partial charge in [-0.05, 0) is 86.2 Å². The number of nitrogen functional groups attached to an aromatic ring is 1. The highest BCUT2D eigenvalue weighted by atomic mass is 16.5. The Morgan fingerprint density at radius 3 is 2.32 bits per heavy atom. The van der Waals surface area contributed by atoms with E-state index in [9.17, 15) is 14.4 Å². The van der Waals surface area contributed by atoms with Crippen LogP contribution in [0, 0.1) is 0 Å². The van der Waals surface area contributed by atoms with Gasteiger partial charge in [0.05, 0.1) is 30.4 Å². The Kier molecular flexibility index (Phi) is 8.59. The van der Waals surface area contributed by atoms with Gasteiger partial charge >= 0.3 is 0 Å². The second-order valence-electron chi connectivity index (χ2n) is 15.7. The fraction of sp³-hybridized carbons (Fsp3) is 0.333. The zero-order chi connectivity index (χ0) is 38.9. The number of nitrogens with two attached hydrogens (primary N) is 1. The van der Waals surface area contributed by atoms with E-state index in [1.165, 1.54) is 6.33 Å². The van der Waals surface area contributed by atoms with Crippen molar-refractivity contribution in [3.8, 4) is 22.8 Å². The van der Waals surface area contributed by atoms with Crippen LogP contribution < -0.4 is 20.7 Å². The first kappa shape index (κ1) is 35.4. The number of hydrogen-bond acceptors (Lipinski definition) is 11. The summed E-state index contributed by atoms with van der Waals surface area (Å²) in [5, 5.41) is 8.49. The van der Waals surface area contributed by atoms with Crippen LogP contribution in [0.1, 0.15) is 46.0 Å². The van der Waals surface area contributed by atoms with E-state index in [0.29, 0.717) is 53.2 Å². The summed E-state index contributed by atoms with van der Waals surface area (Å²) in [6.07, 6.45) is 3.23. The molecule has 3 amide bonds. The second kappa shape index (κ2) is 13.9. The maximum absolute atomic E-state index is 13.4. The minimum atomic E-state index is -0.817. The second-order valence-corrected chi connectivity index (χ2v) is 15.7. The molecular weight excluding hydrogens is 719 g/mol. The van der Waals surface area contributed by atoms with Crippen LogP contribution in [0.15, 0.2) is 91.4 Å². The number of anilines is 2. The van der Waals surface area contributed by atoms with E-state index in [2.05, 4.69) is 36.6 Å². The molecule has 0 spiro atoms. The zero-order valence-corrected chi connectivity index (χ0v) is 31.3. The largest absolute Gasteiger partial charge is 0.457 e. The normalized spacial score (nSPS) is 23.4. The summed E-state index contributed by atoms with van der Waals surface area (Å²) < 4.78 is 7.96. The number of imide groups is 1. The Bertz CT molecular complexity index is 2430. The average molecular weight is 761 g/mol. The molecule has 15 heteroatoms. The van der Waals surface area contributed by atoms with Crippen LogP contribution >= 0.6 is 0 Å². The topological polar surface area (TPSA) is 155 Å². The van der Waals surface area contributed by atoms with E-state index in [1.807, 2.05) is 65.3 Å². The van der Waals surface area contributed by atoms with Gasteiger partial charge in [0, 0.05) is 61.8 Å². The van der Waals surface area contributed by atoms with Gasteiger partial charge in [0.2, 0.25) is 5.91 Å². The number of nitrogens with zero attached hydrogens (tertiary/aromatic N) is 8. The number of amides is 3. The molecule has 0 saturated carbocycles. The molecule has 286 valence electrons. The number of ether oxygens (including phenoxy) is 1. The Morgan fingerprint density at radius 1 is 0.825 bits per heavy atom. The predicted octanol–water partition coefficient (Wildman–Crippen LogP) is 4.03. The van der Waals surface area contributed by atoms with Crippen LogP contribution in [-0.4, -0.2) is 117 Å². The van der Waals surface area contributed by atoms with Gasteiger partial charge in [-0.25, -0.2) is 14.6 Å². The highest BCUT2D eigenvalue weighted by Gasteiger charge is 2.46. The summed E-state index contributed by atoms with van der Waals surface area (Å²) in [4.78, 5) is 56.5. The number of likely N-dealkylation sites (tertiary alicyclic amines) is 2. The maximum Gasteiger partial charge on any atom is 0.262 e. The fourth-order valence-corrected chi connectivity index (χ4v) is 9.02. The standard InChI is InChI=1S/C42H41BN10O4/c1-24-7-14-35(40(54)47-24)52-41(55)31-13-10-26(17-32(31)42(52)56)50-20-28(21-50)51-18-27(19-51)49-16-15-34(33(43)22-49)53-39-36(38(44)45-23-46-39)37(48-53)25-8-11-30(12-9-25)57-29-5-3-2-4-6-29/h2-6,8-13,17,23,27-28,33-35H,1,7,14-16,18-22H2,(H,47,54)(H2,44,45,46). The van der Waals surface area contributed by atoms with Crippen molar-refractivity contribution in [3.05, 3.63) is 103 Å². The molecule has 3 atom stereocenters. The van der Waals surface area contributed by atoms with Crippen LogP contribution in [0.3, 0.4) is 0 Å². The zero-order valence-electron chi connectivity index (χ0n) is 31.3. The van der Waals surface area contributed by atoms with Gasteiger partial charge in [0.1, 0.15) is 35.4 Å². The lowest BCUT2D eigenvalue weighted by Gasteiger charge is -2.56. The van der Waals surface area contributed by atoms with E-state index in [0.717, 1.165) is 84.4 Å². The third-order valence-corrected chi connectivity index (χ3v) is 12.3. The molecule has 4 saturated heterocycles. The molecule has 0 bridgehead atoms. The van der Waals surface area contributed by atoms with E-state index in [-0.39, 0.29) is 17.8 Å². The van der Waals surface area contributed by atoms with Crippen molar-refractivity contribution in [1.82, 2.24) is 39.8 Å². The molecule has 2 aromatic heterocycles. The van der Waals surface area contributed by atoms with Gasteiger partial charge in [-0.2, -0.15) is 5.10 Å². The molecule has 10 rings (SSSR count). The Labute approximate surface area is 330 Å². The number of carbonyl (C=O) groups is 3. The lowest BCUT2D eigenvalue weighted by Crippen LogP contribution is -2.70. The number of nitrogens with one attached hydrogen (secondary N) is 1. The van der Waals surface area contributed by atoms with Crippen molar-refractivity contribution in [2.24, 2.45) is 0 Å². The SMILES string of the molecule is [B]C1CN(C2CN(C3CN(c4ccc5c(c4)C(=O)N(C4CCC(=C)NC4=O)C5=O)C3)C2)CCC1n1nc(-c2ccc(Oc3ccccc3)cc2)c2c(N)ncnc21. The highest BCUT2D eigenvalue weighted by Crippen LogP contribution is 2.40. The number of benzene rings is 3. The Balaban J connectivity index is 0.753. The molecular formula is C42H41BN10O4. The van der Waals surface area contributed by atoms with Gasteiger partial charge in [-0.1, -0.05) is 24.8 Å². The molecule has 7 heterocycles. The van der Waals surface area contributed by atoms with Gasteiger partial charge in [-0.15, -0.1) is 0 Å². The molecule has 3 N–H and O–H groups in total. The lowest BCUT2D eigenvalue weighted by atomic mass is 9.76. The summed E-state index contributed by atoms with van der Waals surface area (Å²) in [6, 6.07) is 22.9. The first-order valence-corrected chi connectivity index (χ1v) is 19.5. The number of aromatic nitrogens is 4. The number of hydrogen-bond donors (Lipinski definition) is 2. The van der Waals surface area contributed by atoms with E-state index in [1.54, 1.807) is 12.1 Å². The molecule has 2 radical (unpaired) electrons. The third kappa shape index (κ3) is 6.12. The van der Waals surface area contributed by atoms with Crippen LogP contribution in [0.2, 0.25) is 5.82 Å². The van der Waals surface area contributed by atoms with E-state index in [4.69, 9.17) is 23.4 Å². The van der Waals surface area contributed by atoms with E-state index >= 15 is 0 Å². The average Bonchev–Trinajstić information content (AvgIpc) is 3.68. The summed E-state index contributed by atoms with van der Waals surface area (Å²) >= 11 is 0. The summed E-state index contributed by atoms with van der Waals surface area (Å²) in [7, 11) is 6.94. The van der Waals surface area contributed by atoms with E-state index < -0.39 is 17.9 Å². The van der Waals surface area contributed by atoms with Gasteiger partial charge in [0.15, 0.2) is 5.65 Å². The molecule has 5 aliphatic rings. The maximum atomic E-state index is 13.4. The van der Waals surface area contributed by atoms with Gasteiger partial charge in [-0.3, -0.25) is 29.1 Å². The summed E-state index contributed by atoms with van der Waals surface area (Å²) in [5.41, 5.74) is 11.0. The van der Waals surface area contributed by atoms with Crippen LogP contribution in [0.4, 0.5) is 11.5 Å². The summed E-state index contributed by atoms with van der Waals surface area (Å²) in [6.45, 7) is 9.08. The predicted molar refractivity (Wildman–Crippen MR) is 215 cm³/mol. The van der Waals surface area contributed by atoms with Gasteiger partial charge in [0.25, 0.3) is 11.8 Å². The van der Waals surface area contributed by atoms with Crippen LogP contribution in [0.25, 0.3) is 22.3 Å². The number of carbonyl (C=O) groups excluding carboxylic acids is 3. The minimum absolute atomic E-state index is 0.0507. The molecule has 3 aromatic carbocycles. The van der Waals surface area contributed by atoms with Crippen molar-refractivity contribution in [2.75, 3.05) is 49.9 Å². The lowest BCUT2D eigenvalue weighted by molar-refractivity contribution is -0.125. The fourth-order valence-electron chi connectivity index (χ4n) is 9.02. The molecule has 14 nitrogen and oxygen atoms in total. The van der Waals surface area contributed by atoms with Gasteiger partial charge < -0.3 is 20.7 Å². The number of para-hydroxylation sites is 1. The van der Waals surface area contributed by atoms with Crippen molar-refractivity contribution in [2.45, 2.75) is 49.2 Å². The minimum Gasteiger partial charge on any atom is -0.457 e. The number of fused-ring (bicyclic) bond motifs is 2. The molecule has 3 unspecified atom stereocenters. The molecule has 5 aromatic rings. The molecule has 57 heavy (non-hydrogen) atoms. The first-order chi connectivity index (χ1) is 27.7. The number of rotatable bonds is 8. The van der Waals surface area contributed by atoms with Crippen molar-refractivity contribution in [3.63, 3.8) is 0 Å².